The van der Waals surface area contributed by atoms with Crippen LogP contribution < -0.4 is 5.73 Å². The Morgan fingerprint density at radius 1 is 1.53 bits per heavy atom. The minimum Gasteiger partial charge on any atom is -0.381 e. The van der Waals surface area contributed by atoms with Crippen LogP contribution in [0.15, 0.2) is 0 Å². The average molecular weight is 212 g/mol. The van der Waals surface area contributed by atoms with Crippen molar-refractivity contribution in [3.05, 3.63) is 0 Å². The molecule has 2 N–H and O–H groups in total. The molecular formula is C12H24N2O. The van der Waals surface area contributed by atoms with Crippen LogP contribution in [-0.4, -0.2) is 43.8 Å². The molecule has 2 unspecified atom stereocenters. The first kappa shape index (κ1) is 11.4. The standard InChI is InChI=1S/C12H24N2O/c1-12(2)4-5-14(9-12)7-11(13)10-3-6-15-8-10/h10-11H,3-9,13H2,1-2H3. The fourth-order valence-electron chi connectivity index (χ4n) is 2.72. The van der Waals surface area contributed by atoms with Gasteiger partial charge in [0.2, 0.25) is 0 Å². The number of nitrogens with two attached hydrogens (primary N) is 1. The fourth-order valence-corrected chi connectivity index (χ4v) is 2.72. The minimum absolute atomic E-state index is 0.307. The van der Waals surface area contributed by atoms with Gasteiger partial charge in [0.15, 0.2) is 0 Å². The predicted octanol–water partition coefficient (Wildman–Crippen LogP) is 1.08. The topological polar surface area (TPSA) is 38.5 Å². The fraction of sp³-hybridized carbons (Fsp3) is 1.00. The van der Waals surface area contributed by atoms with Crippen LogP contribution in [-0.2, 0) is 4.74 Å². The Morgan fingerprint density at radius 3 is 2.87 bits per heavy atom. The molecule has 88 valence electrons. The van der Waals surface area contributed by atoms with Crippen molar-refractivity contribution in [1.29, 1.82) is 0 Å². The van der Waals surface area contributed by atoms with E-state index in [-0.39, 0.29) is 0 Å². The number of hydrogen-bond acceptors (Lipinski definition) is 3. The Labute approximate surface area is 93.0 Å². The maximum atomic E-state index is 6.23. The van der Waals surface area contributed by atoms with E-state index in [1.54, 1.807) is 0 Å². The van der Waals surface area contributed by atoms with E-state index in [1.807, 2.05) is 0 Å². The molecule has 2 atom stereocenters. The van der Waals surface area contributed by atoms with Crippen LogP contribution in [0.1, 0.15) is 26.7 Å². The van der Waals surface area contributed by atoms with E-state index < -0.39 is 0 Å². The molecule has 0 amide bonds. The van der Waals surface area contributed by atoms with Crippen LogP contribution in [0.25, 0.3) is 0 Å². The number of nitrogens with zero attached hydrogens (tertiary/aromatic N) is 1. The first-order valence-corrected chi connectivity index (χ1v) is 6.12. The lowest BCUT2D eigenvalue weighted by Gasteiger charge is -2.25. The van der Waals surface area contributed by atoms with Gasteiger partial charge < -0.3 is 15.4 Å². The number of hydrogen-bond donors (Lipinski definition) is 1. The van der Waals surface area contributed by atoms with Crippen LogP contribution in [0.2, 0.25) is 0 Å². The van der Waals surface area contributed by atoms with Crippen molar-refractivity contribution in [3.63, 3.8) is 0 Å². The summed E-state index contributed by atoms with van der Waals surface area (Å²) in [6.07, 6.45) is 2.46. The van der Waals surface area contributed by atoms with Gasteiger partial charge in [0, 0.05) is 31.7 Å². The second-order valence-corrected chi connectivity index (χ2v) is 5.94. The Hall–Kier alpha value is -0.120. The van der Waals surface area contributed by atoms with Gasteiger partial charge in [-0.3, -0.25) is 0 Å². The van der Waals surface area contributed by atoms with Gasteiger partial charge in [-0.1, -0.05) is 13.8 Å². The molecule has 0 aromatic heterocycles. The van der Waals surface area contributed by atoms with E-state index >= 15 is 0 Å². The molecule has 0 radical (unpaired) electrons. The van der Waals surface area contributed by atoms with Crippen LogP contribution >= 0.6 is 0 Å². The molecule has 2 heterocycles. The van der Waals surface area contributed by atoms with Crippen molar-refractivity contribution in [2.24, 2.45) is 17.1 Å². The average Bonchev–Trinajstić information content (AvgIpc) is 2.74. The lowest BCUT2D eigenvalue weighted by molar-refractivity contribution is 0.172. The van der Waals surface area contributed by atoms with Crippen LogP contribution in [0, 0.1) is 11.3 Å². The second-order valence-electron chi connectivity index (χ2n) is 5.94. The van der Waals surface area contributed by atoms with Crippen LogP contribution in [0.3, 0.4) is 0 Å². The third kappa shape index (κ3) is 2.92. The van der Waals surface area contributed by atoms with Crippen molar-refractivity contribution >= 4 is 0 Å². The quantitative estimate of drug-likeness (QED) is 0.761. The summed E-state index contributed by atoms with van der Waals surface area (Å²) in [6, 6.07) is 0.307. The van der Waals surface area contributed by atoms with Gasteiger partial charge >= 0.3 is 0 Å². The molecule has 3 nitrogen and oxygen atoms in total. The van der Waals surface area contributed by atoms with E-state index in [2.05, 4.69) is 18.7 Å². The van der Waals surface area contributed by atoms with Gasteiger partial charge in [0.05, 0.1) is 6.61 Å². The molecule has 2 saturated heterocycles. The highest BCUT2D eigenvalue weighted by Gasteiger charge is 2.32. The van der Waals surface area contributed by atoms with Crippen molar-refractivity contribution in [3.8, 4) is 0 Å². The van der Waals surface area contributed by atoms with Gasteiger partial charge in [-0.15, -0.1) is 0 Å². The van der Waals surface area contributed by atoms with Gasteiger partial charge in [-0.2, -0.15) is 0 Å². The van der Waals surface area contributed by atoms with Crippen molar-refractivity contribution < 1.29 is 4.74 Å². The molecule has 2 rings (SSSR count). The van der Waals surface area contributed by atoms with Crippen LogP contribution in [0.5, 0.6) is 0 Å². The molecule has 2 fully saturated rings. The summed E-state index contributed by atoms with van der Waals surface area (Å²) in [5.41, 5.74) is 6.72. The Kier molecular flexibility index (Phi) is 3.33. The summed E-state index contributed by atoms with van der Waals surface area (Å²) in [4.78, 5) is 2.52. The van der Waals surface area contributed by atoms with E-state index in [1.165, 1.54) is 19.5 Å². The third-order valence-electron chi connectivity index (χ3n) is 3.80. The molecule has 0 aromatic rings. The molecule has 0 spiro atoms. The number of ether oxygens (including phenoxy) is 1. The summed E-state index contributed by atoms with van der Waals surface area (Å²) in [5, 5.41) is 0. The highest BCUT2D eigenvalue weighted by molar-refractivity contribution is 4.86. The summed E-state index contributed by atoms with van der Waals surface area (Å²) in [7, 11) is 0. The van der Waals surface area contributed by atoms with E-state index in [0.717, 1.165) is 26.2 Å². The smallest absolute Gasteiger partial charge is 0.0510 e. The molecule has 0 aromatic carbocycles. The Bertz CT molecular complexity index is 212. The summed E-state index contributed by atoms with van der Waals surface area (Å²) in [6.45, 7) is 9.94. The number of likely N-dealkylation sites (tertiary alicyclic amines) is 1. The van der Waals surface area contributed by atoms with E-state index in [4.69, 9.17) is 10.5 Å². The molecule has 2 aliphatic rings. The maximum Gasteiger partial charge on any atom is 0.0510 e. The van der Waals surface area contributed by atoms with E-state index in [9.17, 15) is 0 Å². The second kappa shape index (κ2) is 4.40. The maximum absolute atomic E-state index is 6.23. The monoisotopic (exact) mass is 212 g/mol. The third-order valence-corrected chi connectivity index (χ3v) is 3.80. The number of rotatable bonds is 3. The Balaban J connectivity index is 1.77. The molecule has 3 heteroatoms. The van der Waals surface area contributed by atoms with Gasteiger partial charge in [-0.25, -0.2) is 0 Å². The van der Waals surface area contributed by atoms with Crippen molar-refractivity contribution in [2.75, 3.05) is 32.8 Å². The zero-order valence-electron chi connectivity index (χ0n) is 10.0. The minimum atomic E-state index is 0.307. The predicted molar refractivity (Wildman–Crippen MR) is 61.7 cm³/mol. The zero-order valence-corrected chi connectivity index (χ0v) is 10.0. The summed E-state index contributed by atoms with van der Waals surface area (Å²) < 4.78 is 5.39. The zero-order chi connectivity index (χ0) is 10.9. The molecule has 15 heavy (non-hydrogen) atoms. The van der Waals surface area contributed by atoms with Crippen molar-refractivity contribution in [2.45, 2.75) is 32.7 Å². The lowest BCUT2D eigenvalue weighted by atomic mass is 9.93. The van der Waals surface area contributed by atoms with Gasteiger partial charge in [0.1, 0.15) is 0 Å². The molecular weight excluding hydrogens is 188 g/mol. The molecule has 0 bridgehead atoms. The summed E-state index contributed by atoms with van der Waals surface area (Å²) in [5.74, 6) is 0.591. The SMILES string of the molecule is CC1(C)CCN(CC(N)C2CCOC2)C1. The largest absolute Gasteiger partial charge is 0.381 e. The highest BCUT2D eigenvalue weighted by Crippen LogP contribution is 2.29. The molecule has 0 aliphatic carbocycles. The first-order valence-electron chi connectivity index (χ1n) is 6.12. The van der Waals surface area contributed by atoms with Gasteiger partial charge in [0.25, 0.3) is 0 Å². The normalized spacial score (nSPS) is 33.4. The summed E-state index contributed by atoms with van der Waals surface area (Å²) >= 11 is 0. The van der Waals surface area contributed by atoms with Crippen molar-refractivity contribution in [1.82, 2.24) is 4.90 Å². The highest BCUT2D eigenvalue weighted by atomic mass is 16.5. The van der Waals surface area contributed by atoms with Gasteiger partial charge in [-0.05, 0) is 24.8 Å². The van der Waals surface area contributed by atoms with Crippen LogP contribution in [0.4, 0.5) is 0 Å². The molecule has 0 saturated carbocycles. The Morgan fingerprint density at radius 2 is 2.33 bits per heavy atom. The van der Waals surface area contributed by atoms with E-state index in [0.29, 0.717) is 17.4 Å². The molecule has 2 aliphatic heterocycles. The first-order chi connectivity index (χ1) is 7.07. The lowest BCUT2D eigenvalue weighted by Crippen LogP contribution is -2.42.